The van der Waals surface area contributed by atoms with Crippen LogP contribution in [0.4, 0.5) is 5.82 Å². The van der Waals surface area contributed by atoms with E-state index in [1.165, 1.54) is 0 Å². The van der Waals surface area contributed by atoms with Gasteiger partial charge in [-0.15, -0.1) is 5.10 Å². The van der Waals surface area contributed by atoms with Crippen molar-refractivity contribution < 1.29 is 0 Å². The third-order valence-electron chi connectivity index (χ3n) is 2.98. The highest BCUT2D eigenvalue weighted by molar-refractivity contribution is 7.80. The Bertz CT molecular complexity index is 411. The van der Waals surface area contributed by atoms with Crippen LogP contribution in [0, 0.1) is 0 Å². The zero-order valence-electron chi connectivity index (χ0n) is 12.1. The SMILES string of the molecule is CC(C)N(CCNc1nnccc1C(N)=S)C(C)C. The summed E-state index contributed by atoms with van der Waals surface area (Å²) in [6.45, 7) is 10.5. The van der Waals surface area contributed by atoms with Crippen molar-refractivity contribution in [3.05, 3.63) is 17.8 Å². The van der Waals surface area contributed by atoms with Crippen LogP contribution in [-0.4, -0.2) is 45.3 Å². The summed E-state index contributed by atoms with van der Waals surface area (Å²) in [4.78, 5) is 2.74. The Kier molecular flexibility index (Phi) is 6.11. The highest BCUT2D eigenvalue weighted by Gasteiger charge is 2.13. The summed E-state index contributed by atoms with van der Waals surface area (Å²) in [5.74, 6) is 0.655. The Morgan fingerprint density at radius 1 is 1.37 bits per heavy atom. The van der Waals surface area contributed by atoms with E-state index >= 15 is 0 Å². The lowest BCUT2D eigenvalue weighted by atomic mass is 10.2. The molecule has 5 nitrogen and oxygen atoms in total. The second kappa shape index (κ2) is 7.35. The van der Waals surface area contributed by atoms with Crippen LogP contribution in [0.15, 0.2) is 12.3 Å². The molecule has 0 aliphatic carbocycles. The van der Waals surface area contributed by atoms with Crippen molar-refractivity contribution in [1.29, 1.82) is 0 Å². The van der Waals surface area contributed by atoms with E-state index in [-0.39, 0.29) is 0 Å². The van der Waals surface area contributed by atoms with Gasteiger partial charge in [-0.05, 0) is 33.8 Å². The van der Waals surface area contributed by atoms with E-state index in [1.54, 1.807) is 12.3 Å². The van der Waals surface area contributed by atoms with Gasteiger partial charge in [0.05, 0.1) is 11.8 Å². The van der Waals surface area contributed by atoms with Gasteiger partial charge in [0.2, 0.25) is 0 Å². The number of hydrogen-bond donors (Lipinski definition) is 2. The fourth-order valence-corrected chi connectivity index (χ4v) is 2.24. The van der Waals surface area contributed by atoms with Crippen LogP contribution in [0.25, 0.3) is 0 Å². The van der Waals surface area contributed by atoms with Crippen LogP contribution in [0.5, 0.6) is 0 Å². The average Bonchev–Trinajstić information content (AvgIpc) is 2.33. The number of rotatable bonds is 7. The lowest BCUT2D eigenvalue weighted by molar-refractivity contribution is 0.182. The summed E-state index contributed by atoms with van der Waals surface area (Å²) in [7, 11) is 0. The summed E-state index contributed by atoms with van der Waals surface area (Å²) in [6.07, 6.45) is 1.59. The molecular weight excluding hydrogens is 258 g/mol. The molecule has 3 N–H and O–H groups in total. The first kappa shape index (κ1) is 15.8. The molecule has 0 aliphatic heterocycles. The Morgan fingerprint density at radius 3 is 2.53 bits per heavy atom. The van der Waals surface area contributed by atoms with Crippen LogP contribution in [-0.2, 0) is 0 Å². The summed E-state index contributed by atoms with van der Waals surface area (Å²) in [5, 5.41) is 11.1. The number of aromatic nitrogens is 2. The van der Waals surface area contributed by atoms with Gasteiger partial charge in [-0.1, -0.05) is 12.2 Å². The largest absolute Gasteiger partial charge is 0.389 e. The summed E-state index contributed by atoms with van der Waals surface area (Å²) in [5.41, 5.74) is 6.40. The lowest BCUT2D eigenvalue weighted by Crippen LogP contribution is -2.40. The topological polar surface area (TPSA) is 67.1 Å². The molecule has 0 atom stereocenters. The van der Waals surface area contributed by atoms with Crippen LogP contribution in [0.1, 0.15) is 33.3 Å². The Hall–Kier alpha value is -1.27. The maximum Gasteiger partial charge on any atom is 0.158 e. The number of nitrogens with one attached hydrogen (secondary N) is 1. The van der Waals surface area contributed by atoms with Gasteiger partial charge in [-0.3, -0.25) is 4.90 Å². The van der Waals surface area contributed by atoms with Crippen molar-refractivity contribution in [3.63, 3.8) is 0 Å². The molecule has 0 fully saturated rings. The number of anilines is 1. The summed E-state index contributed by atoms with van der Waals surface area (Å²) >= 11 is 4.99. The fourth-order valence-electron chi connectivity index (χ4n) is 2.08. The standard InChI is InChI=1S/C13H23N5S/c1-9(2)18(10(3)4)8-7-15-13-11(12(14)19)5-6-16-17-13/h5-6,9-10H,7-8H2,1-4H3,(H2,14,19)(H,15,17). The molecule has 0 aliphatic rings. The predicted octanol–water partition coefficient (Wildman–Crippen LogP) is 1.64. The highest BCUT2D eigenvalue weighted by atomic mass is 32.1. The minimum atomic E-state index is 0.335. The van der Waals surface area contributed by atoms with Crippen molar-refractivity contribution >= 4 is 23.0 Å². The Labute approximate surface area is 120 Å². The van der Waals surface area contributed by atoms with Gasteiger partial charge in [0.25, 0.3) is 0 Å². The van der Waals surface area contributed by atoms with E-state index in [0.717, 1.165) is 18.7 Å². The molecule has 0 aromatic carbocycles. The number of nitrogens with two attached hydrogens (primary N) is 1. The monoisotopic (exact) mass is 281 g/mol. The Morgan fingerprint density at radius 2 is 2.00 bits per heavy atom. The van der Waals surface area contributed by atoms with E-state index in [4.69, 9.17) is 18.0 Å². The van der Waals surface area contributed by atoms with Crippen molar-refractivity contribution in [3.8, 4) is 0 Å². The maximum atomic E-state index is 5.66. The first-order valence-electron chi connectivity index (χ1n) is 6.54. The first-order valence-corrected chi connectivity index (χ1v) is 6.95. The second-order valence-electron chi connectivity index (χ2n) is 5.01. The van der Waals surface area contributed by atoms with E-state index < -0.39 is 0 Å². The fraction of sp³-hybridized carbons (Fsp3) is 0.615. The molecule has 0 saturated heterocycles. The molecule has 0 radical (unpaired) electrons. The van der Waals surface area contributed by atoms with E-state index in [2.05, 4.69) is 48.1 Å². The quantitative estimate of drug-likeness (QED) is 0.741. The molecular formula is C13H23N5S. The zero-order chi connectivity index (χ0) is 14.4. The molecule has 19 heavy (non-hydrogen) atoms. The molecule has 1 heterocycles. The normalized spacial score (nSPS) is 11.3. The molecule has 0 bridgehead atoms. The van der Waals surface area contributed by atoms with Gasteiger partial charge < -0.3 is 11.1 Å². The van der Waals surface area contributed by atoms with Gasteiger partial charge >= 0.3 is 0 Å². The van der Waals surface area contributed by atoms with Gasteiger partial charge in [0.15, 0.2) is 5.82 Å². The second-order valence-corrected chi connectivity index (χ2v) is 5.45. The minimum absolute atomic E-state index is 0.335. The summed E-state index contributed by atoms with van der Waals surface area (Å²) < 4.78 is 0. The van der Waals surface area contributed by atoms with Crippen molar-refractivity contribution in [2.45, 2.75) is 39.8 Å². The molecule has 1 aromatic heterocycles. The van der Waals surface area contributed by atoms with Gasteiger partial charge in [0, 0.05) is 25.2 Å². The van der Waals surface area contributed by atoms with Gasteiger partial charge in [-0.2, -0.15) is 5.10 Å². The maximum absolute atomic E-state index is 5.66. The molecule has 0 unspecified atom stereocenters. The Balaban J connectivity index is 2.60. The zero-order valence-corrected chi connectivity index (χ0v) is 12.9. The number of nitrogens with zero attached hydrogens (tertiary/aromatic N) is 3. The smallest absolute Gasteiger partial charge is 0.158 e. The number of hydrogen-bond acceptors (Lipinski definition) is 5. The molecule has 0 amide bonds. The molecule has 6 heteroatoms. The third kappa shape index (κ3) is 4.72. The van der Waals surface area contributed by atoms with Crippen molar-refractivity contribution in [2.24, 2.45) is 5.73 Å². The molecule has 1 aromatic rings. The van der Waals surface area contributed by atoms with Crippen molar-refractivity contribution in [2.75, 3.05) is 18.4 Å². The summed E-state index contributed by atoms with van der Waals surface area (Å²) in [6, 6.07) is 2.80. The van der Waals surface area contributed by atoms with Crippen LogP contribution in [0.3, 0.4) is 0 Å². The molecule has 0 spiro atoms. The van der Waals surface area contributed by atoms with Crippen LogP contribution in [0.2, 0.25) is 0 Å². The average molecular weight is 281 g/mol. The highest BCUT2D eigenvalue weighted by Crippen LogP contribution is 2.10. The van der Waals surface area contributed by atoms with Crippen LogP contribution < -0.4 is 11.1 Å². The molecule has 1 rings (SSSR count). The first-order chi connectivity index (χ1) is 8.93. The lowest BCUT2D eigenvalue weighted by Gasteiger charge is -2.30. The van der Waals surface area contributed by atoms with E-state index in [9.17, 15) is 0 Å². The predicted molar refractivity (Wildman–Crippen MR) is 83.4 cm³/mol. The van der Waals surface area contributed by atoms with Crippen molar-refractivity contribution in [1.82, 2.24) is 15.1 Å². The molecule has 0 saturated carbocycles. The van der Waals surface area contributed by atoms with Crippen LogP contribution >= 0.6 is 12.2 Å². The number of thiocarbonyl (C=S) groups is 1. The van der Waals surface area contributed by atoms with Gasteiger partial charge in [-0.25, -0.2) is 0 Å². The molecule has 106 valence electrons. The minimum Gasteiger partial charge on any atom is -0.389 e. The van der Waals surface area contributed by atoms with E-state index in [0.29, 0.717) is 22.9 Å². The van der Waals surface area contributed by atoms with E-state index in [1.807, 2.05) is 0 Å². The van der Waals surface area contributed by atoms with Gasteiger partial charge in [0.1, 0.15) is 4.99 Å². The third-order valence-corrected chi connectivity index (χ3v) is 3.20.